The first-order valence-corrected chi connectivity index (χ1v) is 7.39. The number of aromatic nitrogens is 4. The molecule has 0 amide bonds. The van der Waals surface area contributed by atoms with Crippen LogP contribution in [0.2, 0.25) is 0 Å². The predicted molar refractivity (Wildman–Crippen MR) is 78.8 cm³/mol. The molecule has 21 heavy (non-hydrogen) atoms. The van der Waals surface area contributed by atoms with Crippen molar-refractivity contribution >= 4 is 5.69 Å². The fourth-order valence-electron chi connectivity index (χ4n) is 3.30. The molecule has 1 aliphatic carbocycles. The highest BCUT2D eigenvalue weighted by Crippen LogP contribution is 2.38. The Kier molecular flexibility index (Phi) is 3.61. The van der Waals surface area contributed by atoms with Crippen molar-refractivity contribution in [2.45, 2.75) is 39.2 Å². The average Bonchev–Trinajstić information content (AvgIpc) is 2.91. The largest absolute Gasteiger partial charge is 0.396 e. The Morgan fingerprint density at radius 1 is 1.29 bits per heavy atom. The van der Waals surface area contributed by atoms with Crippen molar-refractivity contribution in [2.75, 3.05) is 5.73 Å². The Hall–Kier alpha value is -1.98. The van der Waals surface area contributed by atoms with E-state index in [4.69, 9.17) is 5.73 Å². The molecular weight excluding hydrogens is 269 g/mol. The lowest BCUT2D eigenvalue weighted by Crippen LogP contribution is -2.26. The number of benzene rings is 1. The molecule has 2 N–H and O–H groups in total. The molecule has 5 nitrogen and oxygen atoms in total. The van der Waals surface area contributed by atoms with Gasteiger partial charge in [0.05, 0.1) is 11.7 Å². The maximum absolute atomic E-state index is 13.3. The number of hydrogen-bond donors (Lipinski definition) is 1. The zero-order valence-corrected chi connectivity index (χ0v) is 12.3. The minimum Gasteiger partial charge on any atom is -0.396 e. The molecule has 112 valence electrons. The quantitative estimate of drug-likeness (QED) is 0.863. The molecule has 3 unspecified atom stereocenters. The maximum Gasteiger partial charge on any atom is 0.182 e. The topological polar surface area (TPSA) is 69.6 Å². The number of rotatable bonds is 2. The van der Waals surface area contributed by atoms with Crippen molar-refractivity contribution in [3.05, 3.63) is 24.0 Å². The smallest absolute Gasteiger partial charge is 0.182 e. The first-order chi connectivity index (χ1) is 10.1. The summed E-state index contributed by atoms with van der Waals surface area (Å²) in [5, 5.41) is 12.1. The molecule has 0 radical (unpaired) electrons. The molecule has 0 bridgehead atoms. The third-order valence-electron chi connectivity index (χ3n) is 4.45. The van der Waals surface area contributed by atoms with Gasteiger partial charge < -0.3 is 5.73 Å². The van der Waals surface area contributed by atoms with Crippen LogP contribution in [-0.2, 0) is 0 Å². The molecule has 0 spiro atoms. The molecular formula is C15H20FN5. The van der Waals surface area contributed by atoms with Gasteiger partial charge in [-0.25, -0.2) is 9.07 Å². The van der Waals surface area contributed by atoms with Gasteiger partial charge in [-0.3, -0.25) is 0 Å². The Balaban J connectivity index is 1.95. The van der Waals surface area contributed by atoms with Gasteiger partial charge in [0.1, 0.15) is 5.82 Å². The van der Waals surface area contributed by atoms with Crippen LogP contribution in [-0.4, -0.2) is 20.2 Å². The number of nitrogen functional groups attached to an aromatic ring is 1. The van der Waals surface area contributed by atoms with Crippen LogP contribution < -0.4 is 5.73 Å². The van der Waals surface area contributed by atoms with E-state index in [2.05, 4.69) is 29.4 Å². The van der Waals surface area contributed by atoms with Gasteiger partial charge in [-0.2, -0.15) is 0 Å². The molecule has 3 rings (SSSR count). The Bertz CT molecular complexity index is 639. The second-order valence-electron chi connectivity index (χ2n) is 6.15. The normalized spacial score (nSPS) is 26.0. The Morgan fingerprint density at radius 2 is 2.10 bits per heavy atom. The lowest BCUT2D eigenvalue weighted by molar-refractivity contribution is 0.194. The van der Waals surface area contributed by atoms with E-state index < -0.39 is 5.82 Å². The van der Waals surface area contributed by atoms with Crippen molar-refractivity contribution in [1.29, 1.82) is 0 Å². The van der Waals surface area contributed by atoms with E-state index in [1.54, 1.807) is 12.1 Å². The van der Waals surface area contributed by atoms with Gasteiger partial charge in [-0.1, -0.05) is 13.8 Å². The highest BCUT2D eigenvalue weighted by Gasteiger charge is 2.29. The first kappa shape index (κ1) is 14.0. The molecule has 1 saturated carbocycles. The van der Waals surface area contributed by atoms with Crippen LogP contribution in [0.25, 0.3) is 11.4 Å². The fourth-order valence-corrected chi connectivity index (χ4v) is 3.30. The summed E-state index contributed by atoms with van der Waals surface area (Å²) in [6, 6.07) is 4.91. The van der Waals surface area contributed by atoms with Gasteiger partial charge >= 0.3 is 0 Å². The summed E-state index contributed by atoms with van der Waals surface area (Å²) in [5.41, 5.74) is 6.52. The van der Waals surface area contributed by atoms with E-state index in [1.807, 2.05) is 4.68 Å². The molecule has 0 aliphatic heterocycles. The number of nitrogens with two attached hydrogens (primary N) is 1. The van der Waals surface area contributed by atoms with Crippen molar-refractivity contribution in [1.82, 2.24) is 20.2 Å². The van der Waals surface area contributed by atoms with Gasteiger partial charge in [0, 0.05) is 5.56 Å². The molecule has 6 heteroatoms. The highest BCUT2D eigenvalue weighted by molar-refractivity contribution is 5.61. The fraction of sp³-hybridized carbons (Fsp3) is 0.533. The molecule has 1 heterocycles. The molecule has 1 aliphatic rings. The van der Waals surface area contributed by atoms with Gasteiger partial charge in [0.2, 0.25) is 0 Å². The van der Waals surface area contributed by atoms with E-state index in [0.717, 1.165) is 17.9 Å². The maximum atomic E-state index is 13.3. The summed E-state index contributed by atoms with van der Waals surface area (Å²) in [4.78, 5) is 0. The van der Waals surface area contributed by atoms with Crippen molar-refractivity contribution in [3.8, 4) is 11.4 Å². The summed E-state index contributed by atoms with van der Waals surface area (Å²) in [5.74, 6) is 1.51. The number of hydrogen-bond acceptors (Lipinski definition) is 4. The standard InChI is InChI=1S/C15H20FN5/c1-9-3-6-14(10(2)7-9)21-15(18-19-20-21)11-4-5-12(16)13(17)8-11/h4-5,8-10,14H,3,6-7,17H2,1-2H3. The third-order valence-corrected chi connectivity index (χ3v) is 4.45. The van der Waals surface area contributed by atoms with Gasteiger partial charge in [0.25, 0.3) is 0 Å². The zero-order valence-electron chi connectivity index (χ0n) is 12.3. The second-order valence-corrected chi connectivity index (χ2v) is 6.15. The summed E-state index contributed by atoms with van der Waals surface area (Å²) >= 11 is 0. The predicted octanol–water partition coefficient (Wildman–Crippen LogP) is 3.06. The third kappa shape index (κ3) is 2.62. The van der Waals surface area contributed by atoms with Crippen LogP contribution in [0, 0.1) is 17.7 Å². The lowest BCUT2D eigenvalue weighted by atomic mass is 9.80. The van der Waals surface area contributed by atoms with Crippen molar-refractivity contribution in [3.63, 3.8) is 0 Å². The van der Waals surface area contributed by atoms with Gasteiger partial charge in [0.15, 0.2) is 5.82 Å². The highest BCUT2D eigenvalue weighted by atomic mass is 19.1. The summed E-state index contributed by atoms with van der Waals surface area (Å²) < 4.78 is 15.2. The van der Waals surface area contributed by atoms with Gasteiger partial charge in [-0.05, 0) is 59.7 Å². The molecule has 1 aromatic heterocycles. The van der Waals surface area contributed by atoms with Gasteiger partial charge in [-0.15, -0.1) is 5.10 Å². The minimum absolute atomic E-state index is 0.118. The number of halogens is 1. The molecule has 1 aromatic carbocycles. The van der Waals surface area contributed by atoms with Crippen molar-refractivity contribution < 1.29 is 4.39 Å². The van der Waals surface area contributed by atoms with Crippen molar-refractivity contribution in [2.24, 2.45) is 11.8 Å². The Labute approximate surface area is 123 Å². The molecule has 3 atom stereocenters. The summed E-state index contributed by atoms with van der Waals surface area (Å²) in [7, 11) is 0. The molecule has 2 aromatic rings. The zero-order chi connectivity index (χ0) is 15.0. The van der Waals surface area contributed by atoms with Crippen LogP contribution in [0.5, 0.6) is 0 Å². The first-order valence-electron chi connectivity index (χ1n) is 7.39. The summed E-state index contributed by atoms with van der Waals surface area (Å²) in [6.45, 7) is 4.53. The van der Waals surface area contributed by atoms with Crippen LogP contribution in [0.4, 0.5) is 10.1 Å². The number of anilines is 1. The van der Waals surface area contributed by atoms with E-state index >= 15 is 0 Å². The number of tetrazole rings is 1. The Morgan fingerprint density at radius 3 is 2.81 bits per heavy atom. The lowest BCUT2D eigenvalue weighted by Gasteiger charge is -2.32. The van der Waals surface area contributed by atoms with E-state index in [-0.39, 0.29) is 11.7 Å². The van der Waals surface area contributed by atoms with Crippen LogP contribution >= 0.6 is 0 Å². The molecule has 1 fully saturated rings. The average molecular weight is 289 g/mol. The number of nitrogens with zero attached hydrogens (tertiary/aromatic N) is 4. The van der Waals surface area contributed by atoms with Crippen LogP contribution in [0.15, 0.2) is 18.2 Å². The molecule has 0 saturated heterocycles. The van der Waals surface area contributed by atoms with E-state index in [0.29, 0.717) is 11.7 Å². The van der Waals surface area contributed by atoms with Crippen LogP contribution in [0.1, 0.15) is 39.2 Å². The van der Waals surface area contributed by atoms with E-state index in [9.17, 15) is 4.39 Å². The summed E-state index contributed by atoms with van der Waals surface area (Å²) in [6.07, 6.45) is 3.42. The van der Waals surface area contributed by atoms with E-state index in [1.165, 1.54) is 18.9 Å². The minimum atomic E-state index is -0.419. The monoisotopic (exact) mass is 289 g/mol. The van der Waals surface area contributed by atoms with Crippen LogP contribution in [0.3, 0.4) is 0 Å². The second kappa shape index (κ2) is 5.42. The SMILES string of the molecule is CC1CCC(n2nnnc2-c2ccc(F)c(N)c2)C(C)C1.